The van der Waals surface area contributed by atoms with E-state index in [0.29, 0.717) is 24.5 Å². The SMILES string of the molecule is COc1ccccc1Nc1ncc(C(=O)NCCCOC(C)C)c2ccccc12. The van der Waals surface area contributed by atoms with Gasteiger partial charge in [0.2, 0.25) is 0 Å². The first-order chi connectivity index (χ1) is 14.1. The minimum Gasteiger partial charge on any atom is -0.495 e. The molecule has 0 saturated carbocycles. The summed E-state index contributed by atoms with van der Waals surface area (Å²) in [6.45, 7) is 5.17. The molecule has 6 nitrogen and oxygen atoms in total. The summed E-state index contributed by atoms with van der Waals surface area (Å²) in [7, 11) is 1.63. The number of carbonyl (C=O) groups excluding carboxylic acids is 1. The molecule has 0 aliphatic rings. The summed E-state index contributed by atoms with van der Waals surface area (Å²) in [6, 6.07) is 15.4. The van der Waals surface area contributed by atoms with Crippen LogP contribution in [0.1, 0.15) is 30.6 Å². The van der Waals surface area contributed by atoms with Gasteiger partial charge in [-0.05, 0) is 37.8 Å². The van der Waals surface area contributed by atoms with Crippen molar-refractivity contribution in [3.8, 4) is 5.75 Å². The number of pyridine rings is 1. The van der Waals surface area contributed by atoms with Crippen LogP contribution >= 0.6 is 0 Å². The molecule has 0 fully saturated rings. The van der Waals surface area contributed by atoms with E-state index in [1.54, 1.807) is 13.3 Å². The molecule has 2 N–H and O–H groups in total. The molecule has 3 aromatic rings. The Morgan fingerprint density at radius 3 is 2.55 bits per heavy atom. The van der Waals surface area contributed by atoms with Crippen molar-refractivity contribution in [3.63, 3.8) is 0 Å². The second-order valence-corrected chi connectivity index (χ2v) is 6.92. The first kappa shape index (κ1) is 20.6. The van der Waals surface area contributed by atoms with Gasteiger partial charge in [-0.2, -0.15) is 0 Å². The summed E-state index contributed by atoms with van der Waals surface area (Å²) >= 11 is 0. The van der Waals surface area contributed by atoms with Gasteiger partial charge in [0.05, 0.1) is 24.5 Å². The van der Waals surface area contributed by atoms with Crippen LogP contribution < -0.4 is 15.4 Å². The maximum absolute atomic E-state index is 12.7. The van der Waals surface area contributed by atoms with E-state index in [1.165, 1.54) is 0 Å². The Morgan fingerprint density at radius 1 is 1.07 bits per heavy atom. The van der Waals surface area contributed by atoms with E-state index in [9.17, 15) is 4.79 Å². The van der Waals surface area contributed by atoms with Gasteiger partial charge >= 0.3 is 0 Å². The van der Waals surface area contributed by atoms with Crippen LogP contribution in [-0.2, 0) is 4.74 Å². The summed E-state index contributed by atoms with van der Waals surface area (Å²) in [4.78, 5) is 17.2. The number of anilines is 2. The van der Waals surface area contributed by atoms with Gasteiger partial charge < -0.3 is 20.1 Å². The van der Waals surface area contributed by atoms with Crippen molar-refractivity contribution in [2.24, 2.45) is 0 Å². The number of benzene rings is 2. The molecule has 0 unspecified atom stereocenters. The smallest absolute Gasteiger partial charge is 0.253 e. The van der Waals surface area contributed by atoms with Crippen LogP contribution in [0.25, 0.3) is 10.8 Å². The van der Waals surface area contributed by atoms with Gasteiger partial charge in [0, 0.05) is 24.7 Å². The average Bonchev–Trinajstić information content (AvgIpc) is 2.73. The van der Waals surface area contributed by atoms with Crippen LogP contribution in [0.15, 0.2) is 54.7 Å². The quantitative estimate of drug-likeness (QED) is 0.523. The second kappa shape index (κ2) is 9.89. The molecular formula is C23H27N3O3. The van der Waals surface area contributed by atoms with E-state index < -0.39 is 0 Å². The van der Waals surface area contributed by atoms with Crippen molar-refractivity contribution >= 4 is 28.2 Å². The van der Waals surface area contributed by atoms with Gasteiger partial charge in [-0.25, -0.2) is 4.98 Å². The third-order valence-electron chi connectivity index (χ3n) is 4.46. The van der Waals surface area contributed by atoms with Crippen molar-refractivity contribution in [1.29, 1.82) is 0 Å². The molecule has 0 aliphatic carbocycles. The molecule has 152 valence electrons. The van der Waals surface area contributed by atoms with Crippen LogP contribution in [0.2, 0.25) is 0 Å². The Balaban J connectivity index is 1.79. The van der Waals surface area contributed by atoms with Crippen molar-refractivity contribution in [2.75, 3.05) is 25.6 Å². The molecule has 29 heavy (non-hydrogen) atoms. The standard InChI is InChI=1S/C23H27N3O3/c1-16(2)29-14-8-13-24-23(27)19-15-25-22(18-10-5-4-9-17(18)19)26-20-11-6-7-12-21(20)28-3/h4-7,9-12,15-16H,8,13-14H2,1-3H3,(H,24,27)(H,25,26). The summed E-state index contributed by atoms with van der Waals surface area (Å²) in [5.41, 5.74) is 1.37. The predicted octanol–water partition coefficient (Wildman–Crippen LogP) is 4.53. The number of carbonyl (C=O) groups is 1. The summed E-state index contributed by atoms with van der Waals surface area (Å²) in [6.07, 6.45) is 2.57. The number of amides is 1. The average molecular weight is 393 g/mol. The zero-order valence-corrected chi connectivity index (χ0v) is 17.1. The van der Waals surface area contributed by atoms with E-state index in [2.05, 4.69) is 15.6 Å². The third-order valence-corrected chi connectivity index (χ3v) is 4.46. The van der Waals surface area contributed by atoms with Crippen molar-refractivity contribution in [3.05, 3.63) is 60.3 Å². The number of nitrogens with one attached hydrogen (secondary N) is 2. The maximum atomic E-state index is 12.7. The Morgan fingerprint density at radius 2 is 1.79 bits per heavy atom. The number of methoxy groups -OCH3 is 1. The van der Waals surface area contributed by atoms with E-state index >= 15 is 0 Å². The fourth-order valence-electron chi connectivity index (χ4n) is 3.04. The lowest BCUT2D eigenvalue weighted by atomic mass is 10.1. The van der Waals surface area contributed by atoms with Crippen LogP contribution in [0.4, 0.5) is 11.5 Å². The number of para-hydroxylation sites is 2. The molecule has 0 bridgehead atoms. The molecule has 2 aromatic carbocycles. The highest BCUT2D eigenvalue weighted by Gasteiger charge is 2.14. The summed E-state index contributed by atoms with van der Waals surface area (Å²) in [5.74, 6) is 1.26. The predicted molar refractivity (Wildman–Crippen MR) is 116 cm³/mol. The fourth-order valence-corrected chi connectivity index (χ4v) is 3.04. The van der Waals surface area contributed by atoms with Crippen LogP contribution in [0, 0.1) is 0 Å². The number of ether oxygens (including phenoxy) is 2. The van der Waals surface area contributed by atoms with Crippen LogP contribution in [0.3, 0.4) is 0 Å². The Kier molecular flexibility index (Phi) is 7.03. The van der Waals surface area contributed by atoms with Crippen LogP contribution in [-0.4, -0.2) is 37.3 Å². The largest absolute Gasteiger partial charge is 0.495 e. The molecule has 1 amide bonds. The van der Waals surface area contributed by atoms with Crippen LogP contribution in [0.5, 0.6) is 5.75 Å². The summed E-state index contributed by atoms with van der Waals surface area (Å²) < 4.78 is 10.9. The lowest BCUT2D eigenvalue weighted by Crippen LogP contribution is -2.26. The monoisotopic (exact) mass is 393 g/mol. The lowest BCUT2D eigenvalue weighted by molar-refractivity contribution is 0.0757. The normalized spacial score (nSPS) is 10.9. The fraction of sp³-hybridized carbons (Fsp3) is 0.304. The van der Waals surface area contributed by atoms with Gasteiger partial charge in [0.25, 0.3) is 5.91 Å². The number of aromatic nitrogens is 1. The highest BCUT2D eigenvalue weighted by molar-refractivity contribution is 6.09. The topological polar surface area (TPSA) is 72.5 Å². The van der Waals surface area contributed by atoms with Crippen molar-refractivity contribution in [1.82, 2.24) is 10.3 Å². The molecule has 0 saturated heterocycles. The van der Waals surface area contributed by atoms with Gasteiger partial charge in [-0.1, -0.05) is 36.4 Å². The molecule has 0 radical (unpaired) electrons. The van der Waals surface area contributed by atoms with Gasteiger partial charge in [0.15, 0.2) is 0 Å². The molecule has 0 spiro atoms. The molecule has 0 atom stereocenters. The van der Waals surface area contributed by atoms with Gasteiger partial charge in [0.1, 0.15) is 11.6 Å². The van der Waals surface area contributed by atoms with Gasteiger partial charge in [-0.15, -0.1) is 0 Å². The number of nitrogens with zero attached hydrogens (tertiary/aromatic N) is 1. The van der Waals surface area contributed by atoms with Crippen molar-refractivity contribution in [2.45, 2.75) is 26.4 Å². The van der Waals surface area contributed by atoms with E-state index in [-0.39, 0.29) is 12.0 Å². The molecule has 0 aliphatic heterocycles. The zero-order valence-electron chi connectivity index (χ0n) is 17.1. The molecule has 3 rings (SSSR count). The Bertz CT molecular complexity index is 972. The Labute approximate surface area is 171 Å². The number of rotatable bonds is 9. The number of hydrogen-bond acceptors (Lipinski definition) is 5. The van der Waals surface area contributed by atoms with Gasteiger partial charge in [-0.3, -0.25) is 4.79 Å². The highest BCUT2D eigenvalue weighted by atomic mass is 16.5. The summed E-state index contributed by atoms with van der Waals surface area (Å²) in [5, 5.41) is 7.98. The lowest BCUT2D eigenvalue weighted by Gasteiger charge is -2.14. The molecule has 1 heterocycles. The number of fused-ring (bicyclic) bond motifs is 1. The second-order valence-electron chi connectivity index (χ2n) is 6.92. The van der Waals surface area contributed by atoms with Crippen molar-refractivity contribution < 1.29 is 14.3 Å². The molecule has 1 aromatic heterocycles. The Hall–Kier alpha value is -3.12. The van der Waals surface area contributed by atoms with E-state index in [1.807, 2.05) is 62.4 Å². The number of hydrogen-bond donors (Lipinski definition) is 2. The first-order valence-corrected chi connectivity index (χ1v) is 9.77. The maximum Gasteiger partial charge on any atom is 0.253 e. The minimum atomic E-state index is -0.137. The van der Waals surface area contributed by atoms with E-state index in [4.69, 9.17) is 9.47 Å². The minimum absolute atomic E-state index is 0.137. The first-order valence-electron chi connectivity index (χ1n) is 9.77. The highest BCUT2D eigenvalue weighted by Crippen LogP contribution is 2.31. The third kappa shape index (κ3) is 5.23. The molecular weight excluding hydrogens is 366 g/mol. The zero-order chi connectivity index (χ0) is 20.6. The molecule has 6 heteroatoms. The van der Waals surface area contributed by atoms with E-state index in [0.717, 1.165) is 28.6 Å².